The third-order valence-corrected chi connectivity index (χ3v) is 5.54. The van der Waals surface area contributed by atoms with E-state index in [9.17, 15) is 9.90 Å². The Labute approximate surface area is 161 Å². The Morgan fingerprint density at radius 3 is 2.59 bits per heavy atom. The van der Waals surface area contributed by atoms with Crippen LogP contribution in [0.1, 0.15) is 57.2 Å². The van der Waals surface area contributed by atoms with Crippen LogP contribution in [0.2, 0.25) is 0 Å². The van der Waals surface area contributed by atoms with Gasteiger partial charge in [-0.2, -0.15) is 0 Å². The van der Waals surface area contributed by atoms with Crippen LogP contribution in [0.15, 0.2) is 30.5 Å². The smallest absolute Gasteiger partial charge is 0.228 e. The predicted molar refractivity (Wildman–Crippen MR) is 107 cm³/mol. The Balaban J connectivity index is 1.88. The molecule has 1 atom stereocenters. The molecule has 1 aromatic heterocycles. The van der Waals surface area contributed by atoms with E-state index >= 15 is 0 Å². The highest BCUT2D eigenvalue weighted by molar-refractivity contribution is 5.91. The van der Waals surface area contributed by atoms with Crippen molar-refractivity contribution in [1.29, 1.82) is 0 Å². The molecule has 1 saturated carbocycles. The molecule has 2 N–H and O–H groups in total. The highest BCUT2D eigenvalue weighted by atomic mass is 16.3. The van der Waals surface area contributed by atoms with Crippen LogP contribution in [-0.2, 0) is 17.8 Å². The Morgan fingerprint density at radius 2 is 1.96 bits per heavy atom. The van der Waals surface area contributed by atoms with Crippen LogP contribution in [0.3, 0.4) is 0 Å². The second-order valence-corrected chi connectivity index (χ2v) is 7.56. The zero-order valence-corrected chi connectivity index (χ0v) is 16.2. The van der Waals surface area contributed by atoms with Gasteiger partial charge in [-0.3, -0.25) is 4.79 Å². The van der Waals surface area contributed by atoms with Crippen LogP contribution in [-0.4, -0.2) is 21.0 Å². The van der Waals surface area contributed by atoms with Crippen LogP contribution in [0.4, 0.5) is 5.82 Å². The number of amides is 1. The van der Waals surface area contributed by atoms with E-state index in [-0.39, 0.29) is 18.4 Å². The van der Waals surface area contributed by atoms with Crippen molar-refractivity contribution in [3.8, 4) is 11.3 Å². The van der Waals surface area contributed by atoms with Gasteiger partial charge in [-0.25, -0.2) is 9.97 Å². The zero-order valence-electron chi connectivity index (χ0n) is 16.2. The summed E-state index contributed by atoms with van der Waals surface area (Å²) in [5.41, 5.74) is 3.51. The summed E-state index contributed by atoms with van der Waals surface area (Å²) < 4.78 is 0. The van der Waals surface area contributed by atoms with Gasteiger partial charge in [-0.15, -0.1) is 0 Å². The lowest BCUT2D eigenvalue weighted by atomic mass is 10.0. The van der Waals surface area contributed by atoms with Crippen molar-refractivity contribution in [3.63, 3.8) is 0 Å². The minimum Gasteiger partial charge on any atom is -0.392 e. The fraction of sp³-hybridized carbons (Fsp3) is 0.500. The monoisotopic (exact) mass is 367 g/mol. The van der Waals surface area contributed by atoms with Gasteiger partial charge in [0.1, 0.15) is 0 Å². The van der Waals surface area contributed by atoms with Crippen molar-refractivity contribution in [1.82, 2.24) is 9.97 Å². The molecule has 144 valence electrons. The van der Waals surface area contributed by atoms with Crippen LogP contribution in [0, 0.1) is 11.8 Å². The second kappa shape index (κ2) is 9.09. The molecule has 0 aliphatic heterocycles. The summed E-state index contributed by atoms with van der Waals surface area (Å²) in [7, 11) is 0. The number of anilines is 1. The first kappa shape index (κ1) is 19.5. The normalized spacial score (nSPS) is 15.7. The summed E-state index contributed by atoms with van der Waals surface area (Å²) in [6, 6.07) is 7.69. The molecular weight excluding hydrogens is 338 g/mol. The van der Waals surface area contributed by atoms with E-state index in [1.807, 2.05) is 38.1 Å². The molecule has 3 rings (SSSR count). The van der Waals surface area contributed by atoms with Gasteiger partial charge in [-0.05, 0) is 24.3 Å². The average molecular weight is 367 g/mol. The number of carbonyl (C=O) groups excluding carboxylic acids is 1. The predicted octanol–water partition coefficient (Wildman–Crippen LogP) is 4.35. The van der Waals surface area contributed by atoms with Gasteiger partial charge in [0.25, 0.3) is 0 Å². The number of nitrogens with zero attached hydrogens (tertiary/aromatic N) is 2. The molecule has 1 aromatic carbocycles. The van der Waals surface area contributed by atoms with E-state index < -0.39 is 0 Å². The number of benzene rings is 1. The average Bonchev–Trinajstić information content (AvgIpc) is 3.21. The number of rotatable bonds is 7. The van der Waals surface area contributed by atoms with Gasteiger partial charge in [0.2, 0.25) is 5.91 Å². The molecule has 1 aliphatic rings. The maximum atomic E-state index is 12.4. The highest BCUT2D eigenvalue weighted by Crippen LogP contribution is 2.30. The summed E-state index contributed by atoms with van der Waals surface area (Å²) in [6.07, 6.45) is 8.35. The standard InChI is InChI=1S/C22H29N3O2/c1-3-15(2)22(27)25-21-19(12-16-6-4-5-7-16)24-20(13-23-21)18-10-8-17(14-26)9-11-18/h8-11,13,15-16,26H,3-7,12,14H2,1-2H3,(H,23,25,27). The van der Waals surface area contributed by atoms with Crippen molar-refractivity contribution in [3.05, 3.63) is 41.7 Å². The van der Waals surface area contributed by atoms with E-state index in [1.165, 1.54) is 25.7 Å². The van der Waals surface area contributed by atoms with Crippen molar-refractivity contribution in [2.45, 2.75) is 59.0 Å². The van der Waals surface area contributed by atoms with E-state index in [1.54, 1.807) is 6.20 Å². The first-order valence-corrected chi connectivity index (χ1v) is 9.97. The number of nitrogens with one attached hydrogen (secondary N) is 1. The molecule has 1 aliphatic carbocycles. The van der Waals surface area contributed by atoms with E-state index in [0.29, 0.717) is 11.7 Å². The molecule has 0 radical (unpaired) electrons. The van der Waals surface area contributed by atoms with E-state index in [4.69, 9.17) is 4.98 Å². The van der Waals surface area contributed by atoms with E-state index in [2.05, 4.69) is 10.3 Å². The summed E-state index contributed by atoms with van der Waals surface area (Å²) in [4.78, 5) is 21.8. The number of aliphatic hydroxyl groups is 1. The SMILES string of the molecule is CCC(C)C(=O)Nc1ncc(-c2ccc(CO)cc2)nc1CC1CCCC1. The van der Waals surface area contributed by atoms with Crippen molar-refractivity contribution in [2.75, 3.05) is 5.32 Å². The van der Waals surface area contributed by atoms with E-state index in [0.717, 1.165) is 35.4 Å². The molecule has 0 spiro atoms. The molecule has 1 fully saturated rings. The number of carbonyl (C=O) groups is 1. The maximum absolute atomic E-state index is 12.4. The molecule has 1 amide bonds. The summed E-state index contributed by atoms with van der Waals surface area (Å²) in [5.74, 6) is 1.17. The highest BCUT2D eigenvalue weighted by Gasteiger charge is 2.21. The molecule has 5 nitrogen and oxygen atoms in total. The Morgan fingerprint density at radius 1 is 1.26 bits per heavy atom. The lowest BCUT2D eigenvalue weighted by Crippen LogP contribution is -2.22. The molecule has 0 bridgehead atoms. The van der Waals surface area contributed by atoms with Gasteiger partial charge < -0.3 is 10.4 Å². The number of hydrogen-bond acceptors (Lipinski definition) is 4. The van der Waals surface area contributed by atoms with Gasteiger partial charge >= 0.3 is 0 Å². The van der Waals surface area contributed by atoms with Crippen LogP contribution in [0.25, 0.3) is 11.3 Å². The molecule has 27 heavy (non-hydrogen) atoms. The second-order valence-electron chi connectivity index (χ2n) is 7.56. The lowest BCUT2D eigenvalue weighted by molar-refractivity contribution is -0.119. The third-order valence-electron chi connectivity index (χ3n) is 5.54. The first-order valence-electron chi connectivity index (χ1n) is 9.97. The quantitative estimate of drug-likeness (QED) is 0.763. The summed E-state index contributed by atoms with van der Waals surface area (Å²) in [5, 5.41) is 12.2. The minimum absolute atomic E-state index is 0.000444. The minimum atomic E-state index is -0.0446. The summed E-state index contributed by atoms with van der Waals surface area (Å²) in [6.45, 7) is 3.96. The topological polar surface area (TPSA) is 75.1 Å². The Hall–Kier alpha value is -2.27. The number of aliphatic hydroxyl groups excluding tert-OH is 1. The van der Waals surface area contributed by atoms with Crippen molar-refractivity contribution < 1.29 is 9.90 Å². The van der Waals surface area contributed by atoms with Crippen LogP contribution < -0.4 is 5.32 Å². The maximum Gasteiger partial charge on any atom is 0.228 e. The summed E-state index contributed by atoms with van der Waals surface area (Å²) >= 11 is 0. The fourth-order valence-electron chi connectivity index (χ4n) is 3.51. The molecule has 1 unspecified atom stereocenters. The fourth-order valence-corrected chi connectivity index (χ4v) is 3.51. The zero-order chi connectivity index (χ0) is 19.2. The van der Waals surface area contributed by atoms with Gasteiger partial charge in [0, 0.05) is 11.5 Å². The van der Waals surface area contributed by atoms with Gasteiger partial charge in [0.05, 0.1) is 24.2 Å². The van der Waals surface area contributed by atoms with Gasteiger partial charge in [-0.1, -0.05) is 63.8 Å². The van der Waals surface area contributed by atoms with Crippen LogP contribution in [0.5, 0.6) is 0 Å². The van der Waals surface area contributed by atoms with Crippen molar-refractivity contribution >= 4 is 11.7 Å². The lowest BCUT2D eigenvalue weighted by Gasteiger charge is -2.16. The van der Waals surface area contributed by atoms with Crippen molar-refractivity contribution in [2.24, 2.45) is 11.8 Å². The third kappa shape index (κ3) is 4.92. The largest absolute Gasteiger partial charge is 0.392 e. The molecular formula is C22H29N3O2. The molecule has 2 aromatic rings. The van der Waals surface area contributed by atoms with Gasteiger partial charge in [0.15, 0.2) is 5.82 Å². The number of hydrogen-bond donors (Lipinski definition) is 2. The van der Waals surface area contributed by atoms with Crippen LogP contribution >= 0.6 is 0 Å². The molecule has 5 heteroatoms. The molecule has 1 heterocycles. The first-order chi connectivity index (χ1) is 13.1. The molecule has 0 saturated heterocycles. The Kier molecular flexibility index (Phi) is 6.56. The number of aromatic nitrogens is 2. The Bertz CT molecular complexity index is 768.